The zero-order valence-electron chi connectivity index (χ0n) is 13.0. The smallest absolute Gasteiger partial charge is 0.251 e. The summed E-state index contributed by atoms with van der Waals surface area (Å²) >= 11 is 0. The third kappa shape index (κ3) is 3.56. The molecule has 1 amide bonds. The molecule has 3 rings (SSSR count). The molecule has 0 spiro atoms. The maximum atomic E-state index is 12.3. The fourth-order valence-electron chi connectivity index (χ4n) is 2.41. The molecule has 2 aromatic carbocycles. The van der Waals surface area contributed by atoms with E-state index in [1.165, 1.54) is 0 Å². The van der Waals surface area contributed by atoms with Gasteiger partial charge in [0.15, 0.2) is 11.5 Å². The molecule has 0 radical (unpaired) electrons. The Morgan fingerprint density at radius 3 is 2.74 bits per heavy atom. The van der Waals surface area contributed by atoms with E-state index in [0.717, 1.165) is 11.3 Å². The van der Waals surface area contributed by atoms with Crippen molar-refractivity contribution in [3.05, 3.63) is 53.6 Å². The van der Waals surface area contributed by atoms with E-state index in [0.29, 0.717) is 43.4 Å². The summed E-state index contributed by atoms with van der Waals surface area (Å²) in [5.74, 6) is 1.92. The van der Waals surface area contributed by atoms with Gasteiger partial charge in [0.1, 0.15) is 19.0 Å². The van der Waals surface area contributed by atoms with Crippen molar-refractivity contribution in [1.82, 2.24) is 5.32 Å². The second-order valence-electron chi connectivity index (χ2n) is 5.08. The van der Waals surface area contributed by atoms with Gasteiger partial charge in [-0.1, -0.05) is 18.2 Å². The zero-order valence-corrected chi connectivity index (χ0v) is 13.0. The SMILES string of the molecule is CCOc1ccccc1CNC(=O)c1ccc2c(c1)OCCO2. The Kier molecular flexibility index (Phi) is 4.66. The third-order valence-electron chi connectivity index (χ3n) is 3.52. The van der Waals surface area contributed by atoms with E-state index in [1.54, 1.807) is 18.2 Å². The molecule has 1 aliphatic rings. The van der Waals surface area contributed by atoms with Gasteiger partial charge in [0, 0.05) is 17.7 Å². The molecule has 0 saturated heterocycles. The van der Waals surface area contributed by atoms with Crippen molar-refractivity contribution in [3.8, 4) is 17.2 Å². The van der Waals surface area contributed by atoms with E-state index in [4.69, 9.17) is 14.2 Å². The van der Waals surface area contributed by atoms with Crippen LogP contribution in [0.15, 0.2) is 42.5 Å². The van der Waals surface area contributed by atoms with Crippen molar-refractivity contribution in [2.45, 2.75) is 13.5 Å². The largest absolute Gasteiger partial charge is 0.494 e. The van der Waals surface area contributed by atoms with E-state index in [-0.39, 0.29) is 5.91 Å². The molecule has 1 heterocycles. The van der Waals surface area contributed by atoms with Crippen LogP contribution in [0.3, 0.4) is 0 Å². The van der Waals surface area contributed by atoms with Gasteiger partial charge in [0.2, 0.25) is 0 Å². The van der Waals surface area contributed by atoms with Crippen LogP contribution < -0.4 is 19.5 Å². The molecular formula is C18H19NO4. The Labute approximate surface area is 135 Å². The Morgan fingerprint density at radius 1 is 1.13 bits per heavy atom. The lowest BCUT2D eigenvalue weighted by Gasteiger charge is -2.18. The molecule has 0 bridgehead atoms. The number of para-hydroxylation sites is 1. The summed E-state index contributed by atoms with van der Waals surface area (Å²) < 4.78 is 16.5. The van der Waals surface area contributed by atoms with E-state index in [2.05, 4.69) is 5.32 Å². The summed E-state index contributed by atoms with van der Waals surface area (Å²) in [4.78, 5) is 12.3. The number of ether oxygens (including phenoxy) is 3. The third-order valence-corrected chi connectivity index (χ3v) is 3.52. The molecule has 5 heteroatoms. The van der Waals surface area contributed by atoms with Gasteiger partial charge in [-0.2, -0.15) is 0 Å². The Hall–Kier alpha value is -2.69. The van der Waals surface area contributed by atoms with Gasteiger partial charge in [-0.3, -0.25) is 4.79 Å². The van der Waals surface area contributed by atoms with Crippen LogP contribution in [0, 0.1) is 0 Å². The van der Waals surface area contributed by atoms with E-state index >= 15 is 0 Å². The van der Waals surface area contributed by atoms with Crippen LogP contribution in [0.4, 0.5) is 0 Å². The molecule has 0 aliphatic carbocycles. The summed E-state index contributed by atoms with van der Waals surface area (Å²) in [5.41, 5.74) is 1.49. The number of carbonyl (C=O) groups excluding carboxylic acids is 1. The predicted molar refractivity (Wildman–Crippen MR) is 86.2 cm³/mol. The summed E-state index contributed by atoms with van der Waals surface area (Å²) in [6, 6.07) is 12.9. The van der Waals surface area contributed by atoms with E-state index < -0.39 is 0 Å². The topological polar surface area (TPSA) is 56.8 Å². The van der Waals surface area contributed by atoms with Crippen molar-refractivity contribution in [1.29, 1.82) is 0 Å². The van der Waals surface area contributed by atoms with Gasteiger partial charge in [0.25, 0.3) is 5.91 Å². The van der Waals surface area contributed by atoms with Crippen LogP contribution in [0.25, 0.3) is 0 Å². The van der Waals surface area contributed by atoms with E-state index in [9.17, 15) is 4.79 Å². The van der Waals surface area contributed by atoms with Crippen LogP contribution in [-0.2, 0) is 6.54 Å². The lowest BCUT2D eigenvalue weighted by molar-refractivity contribution is 0.0949. The number of carbonyl (C=O) groups is 1. The molecule has 1 aliphatic heterocycles. The van der Waals surface area contributed by atoms with Crippen LogP contribution in [0.5, 0.6) is 17.2 Å². The van der Waals surface area contributed by atoms with Gasteiger partial charge >= 0.3 is 0 Å². The second kappa shape index (κ2) is 7.05. The predicted octanol–water partition coefficient (Wildman–Crippen LogP) is 2.79. The molecule has 1 N–H and O–H groups in total. The number of rotatable bonds is 5. The minimum Gasteiger partial charge on any atom is -0.494 e. The Morgan fingerprint density at radius 2 is 1.91 bits per heavy atom. The first-order valence-corrected chi connectivity index (χ1v) is 7.66. The maximum absolute atomic E-state index is 12.3. The fourth-order valence-corrected chi connectivity index (χ4v) is 2.41. The number of hydrogen-bond acceptors (Lipinski definition) is 4. The molecule has 5 nitrogen and oxygen atoms in total. The highest BCUT2D eigenvalue weighted by Gasteiger charge is 2.15. The van der Waals surface area contributed by atoms with Crippen molar-refractivity contribution in [2.24, 2.45) is 0 Å². The number of amides is 1. The highest BCUT2D eigenvalue weighted by Crippen LogP contribution is 2.30. The number of fused-ring (bicyclic) bond motifs is 1. The first kappa shape index (κ1) is 15.2. The van der Waals surface area contributed by atoms with Crippen LogP contribution in [0.1, 0.15) is 22.8 Å². The number of nitrogens with one attached hydrogen (secondary N) is 1. The van der Waals surface area contributed by atoms with E-state index in [1.807, 2.05) is 31.2 Å². The lowest BCUT2D eigenvalue weighted by atomic mass is 10.1. The fraction of sp³-hybridized carbons (Fsp3) is 0.278. The first-order valence-electron chi connectivity index (χ1n) is 7.66. The quantitative estimate of drug-likeness (QED) is 0.922. The molecule has 2 aromatic rings. The van der Waals surface area contributed by atoms with Gasteiger partial charge in [-0.25, -0.2) is 0 Å². The Bertz CT molecular complexity index is 699. The number of benzene rings is 2. The lowest BCUT2D eigenvalue weighted by Crippen LogP contribution is -2.23. The normalized spacial score (nSPS) is 12.6. The minimum absolute atomic E-state index is 0.159. The van der Waals surface area contributed by atoms with Gasteiger partial charge in [-0.05, 0) is 31.2 Å². The summed E-state index contributed by atoms with van der Waals surface area (Å²) in [7, 11) is 0. The van der Waals surface area contributed by atoms with Crippen molar-refractivity contribution in [2.75, 3.05) is 19.8 Å². The van der Waals surface area contributed by atoms with Gasteiger partial charge < -0.3 is 19.5 Å². The molecule has 23 heavy (non-hydrogen) atoms. The Balaban J connectivity index is 1.68. The number of hydrogen-bond donors (Lipinski definition) is 1. The first-order chi connectivity index (χ1) is 11.3. The zero-order chi connectivity index (χ0) is 16.1. The highest BCUT2D eigenvalue weighted by molar-refractivity contribution is 5.94. The minimum atomic E-state index is -0.159. The van der Waals surface area contributed by atoms with Crippen LogP contribution >= 0.6 is 0 Å². The van der Waals surface area contributed by atoms with Gasteiger partial charge in [0.05, 0.1) is 6.61 Å². The molecule has 0 aromatic heterocycles. The highest BCUT2D eigenvalue weighted by atomic mass is 16.6. The average Bonchev–Trinajstić information content (AvgIpc) is 2.60. The molecular weight excluding hydrogens is 294 g/mol. The van der Waals surface area contributed by atoms with Crippen molar-refractivity contribution < 1.29 is 19.0 Å². The molecule has 0 saturated carbocycles. The average molecular weight is 313 g/mol. The molecule has 120 valence electrons. The van der Waals surface area contributed by atoms with Gasteiger partial charge in [-0.15, -0.1) is 0 Å². The summed E-state index contributed by atoms with van der Waals surface area (Å²) in [5, 5.41) is 2.91. The maximum Gasteiger partial charge on any atom is 0.251 e. The summed E-state index contributed by atoms with van der Waals surface area (Å²) in [6.45, 7) is 3.97. The molecule has 0 fully saturated rings. The standard InChI is InChI=1S/C18H19NO4/c1-2-21-15-6-4-3-5-14(15)12-19-18(20)13-7-8-16-17(11-13)23-10-9-22-16/h3-8,11H,2,9-10,12H2,1H3,(H,19,20). The molecule has 0 unspecified atom stereocenters. The van der Waals surface area contributed by atoms with Crippen molar-refractivity contribution >= 4 is 5.91 Å². The monoisotopic (exact) mass is 313 g/mol. The molecule has 0 atom stereocenters. The van der Waals surface area contributed by atoms with Crippen LogP contribution in [0.2, 0.25) is 0 Å². The second-order valence-corrected chi connectivity index (χ2v) is 5.08. The summed E-state index contributed by atoms with van der Waals surface area (Å²) in [6.07, 6.45) is 0. The van der Waals surface area contributed by atoms with Crippen molar-refractivity contribution in [3.63, 3.8) is 0 Å². The van der Waals surface area contributed by atoms with Crippen LogP contribution in [-0.4, -0.2) is 25.7 Å².